The fourth-order valence-corrected chi connectivity index (χ4v) is 1.27. The minimum absolute atomic E-state index is 0. The van der Waals surface area contributed by atoms with E-state index in [0.717, 1.165) is 13.0 Å². The van der Waals surface area contributed by atoms with E-state index in [9.17, 15) is 0 Å². The van der Waals surface area contributed by atoms with Gasteiger partial charge < -0.3 is 4.74 Å². The molecule has 0 aliphatic rings. The van der Waals surface area contributed by atoms with E-state index in [1.165, 1.54) is 38.5 Å². The molecular formula is C18H25O6W-. The monoisotopic (exact) mass is 521 g/mol. The molecule has 0 bridgehead atoms. The normalized spacial score (nSPS) is 6.72. The standard InChI is InChI=1S/C13H25O.5CO.W/c1-3-5-6-7-8-9-10-11-12-13-14-4-2;5*1-2;/h8-9,13H,3-7,10-12H2,1-2H3;;;;;;/q-1;;;;;;/b9-8+;;;;;;. The Balaban J connectivity index is -0.0000000504. The van der Waals surface area contributed by atoms with Gasteiger partial charge in [-0.25, -0.2) is 6.61 Å². The Kier molecular flexibility index (Phi) is 161. The molecule has 0 saturated carbocycles. The summed E-state index contributed by atoms with van der Waals surface area (Å²) in [5.74, 6) is 0. The van der Waals surface area contributed by atoms with Gasteiger partial charge >= 0.3 is 56.5 Å². The van der Waals surface area contributed by atoms with Gasteiger partial charge in [-0.1, -0.05) is 38.3 Å². The first-order valence-corrected chi connectivity index (χ1v) is 7.02. The molecule has 6 nitrogen and oxygen atoms in total. The molecule has 0 N–H and O–H groups in total. The van der Waals surface area contributed by atoms with Gasteiger partial charge in [0.05, 0.1) is 0 Å². The number of allylic oxidation sites excluding steroid dienone is 2. The van der Waals surface area contributed by atoms with Crippen molar-refractivity contribution in [2.45, 2.75) is 58.8 Å². The number of unbranched alkanes of at least 4 members (excludes halogenated alkanes) is 5. The van der Waals surface area contributed by atoms with Gasteiger partial charge in [0.15, 0.2) is 0 Å². The molecule has 0 spiro atoms. The summed E-state index contributed by atoms with van der Waals surface area (Å²) in [4.78, 5) is 0. The Morgan fingerprint density at radius 1 is 0.720 bits per heavy atom. The van der Waals surface area contributed by atoms with Crippen LogP contribution in [0.15, 0.2) is 12.2 Å². The predicted molar refractivity (Wildman–Crippen MR) is 82.7 cm³/mol. The van der Waals surface area contributed by atoms with Crippen molar-refractivity contribution in [1.82, 2.24) is 0 Å². The van der Waals surface area contributed by atoms with Gasteiger partial charge in [-0.2, -0.15) is 6.42 Å². The summed E-state index contributed by atoms with van der Waals surface area (Å²) in [6.45, 7) is 29.5. The summed E-state index contributed by atoms with van der Waals surface area (Å²) >= 11 is 0. The molecule has 0 aromatic rings. The second-order valence-corrected chi connectivity index (χ2v) is 3.52. The summed E-state index contributed by atoms with van der Waals surface area (Å²) in [5, 5.41) is 0. The number of hydrogen-bond acceptors (Lipinski definition) is 1. The maximum absolute atomic E-state index is 7.50. The predicted octanol–water partition coefficient (Wildman–Crippen LogP) is 4.30. The second-order valence-electron chi connectivity index (χ2n) is 3.52. The second kappa shape index (κ2) is 91.6. The molecule has 0 unspecified atom stereocenters. The zero-order chi connectivity index (χ0) is 20.5. The Morgan fingerprint density at radius 2 is 1.12 bits per heavy atom. The van der Waals surface area contributed by atoms with Gasteiger partial charge in [0.2, 0.25) is 0 Å². The van der Waals surface area contributed by atoms with Gasteiger partial charge in [-0.3, -0.25) is 0 Å². The van der Waals surface area contributed by atoms with Crippen LogP contribution in [-0.4, -0.2) is 6.61 Å². The molecule has 0 atom stereocenters. The van der Waals surface area contributed by atoms with E-state index in [1.807, 2.05) is 13.5 Å². The third-order valence-electron chi connectivity index (χ3n) is 2.12. The minimum Gasteiger partial charge on any atom is 0 e. The first-order valence-electron chi connectivity index (χ1n) is 7.02. The van der Waals surface area contributed by atoms with Crippen LogP contribution in [0, 0.1) is 39.9 Å². The first-order chi connectivity index (χ1) is 11.9. The Labute approximate surface area is 166 Å². The van der Waals surface area contributed by atoms with Gasteiger partial charge in [-0.15, -0.1) is 0 Å². The van der Waals surface area contributed by atoms with Crippen molar-refractivity contribution in [2.24, 2.45) is 0 Å². The molecule has 140 valence electrons. The summed E-state index contributed by atoms with van der Waals surface area (Å²) < 4.78 is 42.6. The van der Waals surface area contributed by atoms with Crippen LogP contribution in [0.2, 0.25) is 0 Å². The smallest absolute Gasteiger partial charge is 0 e. The molecule has 0 fully saturated rings. The molecule has 0 rings (SSSR count). The van der Waals surface area contributed by atoms with Crippen LogP contribution in [0.4, 0.5) is 0 Å². The van der Waals surface area contributed by atoms with E-state index in [-0.39, 0.29) is 21.1 Å². The van der Waals surface area contributed by atoms with Crippen LogP contribution in [-0.2, 0) is 49.1 Å². The van der Waals surface area contributed by atoms with Crippen LogP contribution in [0.1, 0.15) is 58.8 Å². The molecular weight excluding hydrogens is 496 g/mol. The first kappa shape index (κ1) is 44.0. The number of ether oxygens (including phenoxy) is 1. The van der Waals surface area contributed by atoms with E-state index in [0.29, 0.717) is 0 Å². The summed E-state index contributed by atoms with van der Waals surface area (Å²) in [6.07, 6.45) is 13.4. The van der Waals surface area contributed by atoms with E-state index >= 15 is 0 Å². The zero-order valence-electron chi connectivity index (χ0n) is 14.7. The van der Waals surface area contributed by atoms with Crippen molar-refractivity contribution in [3.05, 3.63) is 52.0 Å². The molecule has 0 saturated heterocycles. The molecule has 0 amide bonds. The van der Waals surface area contributed by atoms with Crippen molar-refractivity contribution in [3.63, 3.8) is 0 Å². The average molecular weight is 521 g/mol. The van der Waals surface area contributed by atoms with E-state index in [4.69, 9.17) is 28.0 Å². The minimum atomic E-state index is 0. The van der Waals surface area contributed by atoms with Crippen LogP contribution in [0.25, 0.3) is 0 Å². The Hall–Kier alpha value is -0.912. The van der Waals surface area contributed by atoms with Crippen molar-refractivity contribution in [2.75, 3.05) is 6.61 Å². The SMILES string of the molecule is CCCCC/C=C/CCC[CH-]OCC.[C-]#[O+].[C-]#[O+].[C-]#[O+].[C-]#[O+].[C-]#[O+].[W]. The van der Waals surface area contributed by atoms with Crippen molar-refractivity contribution < 1.29 is 49.1 Å². The van der Waals surface area contributed by atoms with Crippen molar-refractivity contribution >= 4 is 0 Å². The molecule has 0 radical (unpaired) electrons. The van der Waals surface area contributed by atoms with Crippen LogP contribution in [0.3, 0.4) is 0 Å². The molecule has 0 aromatic carbocycles. The molecule has 0 aliphatic heterocycles. The third-order valence-corrected chi connectivity index (χ3v) is 2.12. The average Bonchev–Trinajstić information content (AvgIpc) is 2.71. The van der Waals surface area contributed by atoms with E-state index in [1.54, 1.807) is 0 Å². The maximum atomic E-state index is 7.50. The quantitative estimate of drug-likeness (QED) is 0.182. The van der Waals surface area contributed by atoms with Gasteiger partial charge in [0, 0.05) is 27.7 Å². The van der Waals surface area contributed by atoms with Crippen molar-refractivity contribution in [1.29, 1.82) is 0 Å². The van der Waals surface area contributed by atoms with Crippen LogP contribution in [0.5, 0.6) is 0 Å². The Bertz CT molecular complexity index is 257. The number of rotatable bonds is 10. The largest absolute Gasteiger partial charge is 0 e. The Morgan fingerprint density at radius 3 is 1.48 bits per heavy atom. The summed E-state index contributed by atoms with van der Waals surface area (Å²) in [7, 11) is 0. The topological polar surface area (TPSA) is 109 Å². The molecule has 7 heteroatoms. The van der Waals surface area contributed by atoms with Crippen LogP contribution >= 0.6 is 0 Å². The van der Waals surface area contributed by atoms with E-state index < -0.39 is 0 Å². The zero-order valence-corrected chi connectivity index (χ0v) is 17.7. The van der Waals surface area contributed by atoms with Gasteiger partial charge in [0.25, 0.3) is 0 Å². The van der Waals surface area contributed by atoms with E-state index in [2.05, 4.69) is 52.3 Å². The third kappa shape index (κ3) is 101. The van der Waals surface area contributed by atoms with Crippen LogP contribution < -0.4 is 0 Å². The van der Waals surface area contributed by atoms with Crippen molar-refractivity contribution in [3.8, 4) is 0 Å². The molecule has 0 aromatic heterocycles. The fourth-order valence-electron chi connectivity index (χ4n) is 1.27. The summed E-state index contributed by atoms with van der Waals surface area (Å²) in [5.41, 5.74) is 0. The van der Waals surface area contributed by atoms with Gasteiger partial charge in [-0.05, 0) is 26.2 Å². The summed E-state index contributed by atoms with van der Waals surface area (Å²) in [6, 6.07) is 0. The molecule has 0 aliphatic carbocycles. The number of hydrogen-bond donors (Lipinski definition) is 0. The maximum Gasteiger partial charge on any atom is 0 e. The van der Waals surface area contributed by atoms with Gasteiger partial charge in [0.1, 0.15) is 0 Å². The fraction of sp³-hybridized carbons (Fsp3) is 0.556. The molecule has 0 heterocycles. The molecule has 25 heavy (non-hydrogen) atoms.